The first kappa shape index (κ1) is 20.3. The van der Waals surface area contributed by atoms with Gasteiger partial charge < -0.3 is 4.42 Å². The molecule has 0 fully saturated rings. The van der Waals surface area contributed by atoms with Crippen molar-refractivity contribution in [3.05, 3.63) is 79.4 Å². The van der Waals surface area contributed by atoms with E-state index in [1.165, 1.54) is 30.1 Å². The van der Waals surface area contributed by atoms with Crippen molar-refractivity contribution in [1.29, 1.82) is 0 Å². The summed E-state index contributed by atoms with van der Waals surface area (Å²) in [6.07, 6.45) is 1.40. The van der Waals surface area contributed by atoms with E-state index in [0.29, 0.717) is 20.9 Å². The topological polar surface area (TPSA) is 54.6 Å². The van der Waals surface area contributed by atoms with Gasteiger partial charge in [0.15, 0.2) is 5.09 Å². The van der Waals surface area contributed by atoms with Crippen molar-refractivity contribution in [2.45, 2.75) is 9.99 Å². The van der Waals surface area contributed by atoms with Crippen LogP contribution in [0, 0.1) is 0 Å². The quantitative estimate of drug-likeness (QED) is 0.303. The third kappa shape index (κ3) is 5.53. The average molecular weight is 505 g/mol. The van der Waals surface area contributed by atoms with Gasteiger partial charge in [-0.25, -0.2) is 5.43 Å². The van der Waals surface area contributed by atoms with Gasteiger partial charge in [-0.05, 0) is 58.4 Å². The standard InChI is InChI=1S/C18H10BrCl3N2O2S/c19-15-8-12(26-18(15)27-13-4-1-10(20)2-5-13)9-23-24-17(25)14-6-3-11(21)7-16(14)22/h1-9H,(H,24,25)/b23-9+. The second-order valence-corrected chi connectivity index (χ2v) is 8.34. The Kier molecular flexibility index (Phi) is 6.89. The summed E-state index contributed by atoms with van der Waals surface area (Å²) in [5.74, 6) is 0.0233. The van der Waals surface area contributed by atoms with E-state index >= 15 is 0 Å². The number of rotatable bonds is 5. The first-order valence-corrected chi connectivity index (χ1v) is 10.2. The number of hydrogen-bond acceptors (Lipinski definition) is 4. The number of carbonyl (C=O) groups excluding carboxylic acids is 1. The Balaban J connectivity index is 1.65. The lowest BCUT2D eigenvalue weighted by Crippen LogP contribution is -2.17. The summed E-state index contributed by atoms with van der Waals surface area (Å²) < 4.78 is 6.49. The third-order valence-corrected chi connectivity index (χ3v) is 5.88. The first-order valence-electron chi connectivity index (χ1n) is 7.43. The van der Waals surface area contributed by atoms with Crippen LogP contribution in [-0.4, -0.2) is 12.1 Å². The fraction of sp³-hybridized carbons (Fsp3) is 0. The third-order valence-electron chi connectivity index (χ3n) is 3.23. The van der Waals surface area contributed by atoms with Crippen LogP contribution in [0.1, 0.15) is 16.1 Å². The summed E-state index contributed by atoms with van der Waals surface area (Å²) in [4.78, 5) is 13.1. The molecular weight excluding hydrogens is 495 g/mol. The molecule has 1 aromatic heterocycles. The lowest BCUT2D eigenvalue weighted by Gasteiger charge is -2.02. The maximum Gasteiger partial charge on any atom is 0.272 e. The van der Waals surface area contributed by atoms with Crippen molar-refractivity contribution >= 4 is 74.6 Å². The van der Waals surface area contributed by atoms with Crippen LogP contribution in [-0.2, 0) is 0 Å². The molecule has 2 aromatic carbocycles. The maximum absolute atomic E-state index is 12.1. The number of hydrogen-bond donors (Lipinski definition) is 1. The second-order valence-electron chi connectivity index (χ2n) is 5.16. The van der Waals surface area contributed by atoms with Crippen molar-refractivity contribution in [2.75, 3.05) is 0 Å². The van der Waals surface area contributed by atoms with Gasteiger partial charge in [-0.3, -0.25) is 4.79 Å². The summed E-state index contributed by atoms with van der Waals surface area (Å²) in [5.41, 5.74) is 2.67. The van der Waals surface area contributed by atoms with Gasteiger partial charge in [0.25, 0.3) is 5.91 Å². The molecule has 1 heterocycles. The van der Waals surface area contributed by atoms with Crippen molar-refractivity contribution in [2.24, 2.45) is 5.10 Å². The lowest BCUT2D eigenvalue weighted by molar-refractivity contribution is 0.0955. The average Bonchev–Trinajstić information content (AvgIpc) is 2.96. The number of hydrazone groups is 1. The number of nitrogens with one attached hydrogen (secondary N) is 1. The molecule has 0 aliphatic carbocycles. The van der Waals surface area contributed by atoms with E-state index in [2.05, 4.69) is 26.5 Å². The van der Waals surface area contributed by atoms with Gasteiger partial charge in [0.2, 0.25) is 0 Å². The number of halogens is 4. The molecule has 0 unspecified atom stereocenters. The molecule has 138 valence electrons. The van der Waals surface area contributed by atoms with E-state index in [9.17, 15) is 4.79 Å². The highest BCUT2D eigenvalue weighted by Crippen LogP contribution is 2.35. The maximum atomic E-state index is 12.1. The minimum Gasteiger partial charge on any atom is -0.447 e. The Morgan fingerprint density at radius 3 is 2.48 bits per heavy atom. The summed E-state index contributed by atoms with van der Waals surface area (Å²) in [5, 5.41) is 5.92. The zero-order chi connectivity index (χ0) is 19.4. The molecule has 0 saturated carbocycles. The molecule has 0 atom stereocenters. The minimum atomic E-state index is -0.450. The van der Waals surface area contributed by atoms with Crippen LogP contribution in [0.3, 0.4) is 0 Å². The summed E-state index contributed by atoms with van der Waals surface area (Å²) >= 11 is 22.6. The Labute approximate surface area is 183 Å². The van der Waals surface area contributed by atoms with Crippen LogP contribution >= 0.6 is 62.5 Å². The van der Waals surface area contributed by atoms with Crippen LogP contribution in [0.15, 0.2) is 72.5 Å². The molecule has 9 heteroatoms. The van der Waals surface area contributed by atoms with Gasteiger partial charge in [-0.1, -0.05) is 46.6 Å². The molecule has 0 aliphatic rings. The molecule has 1 N–H and O–H groups in total. The SMILES string of the molecule is O=C(N/N=C/c1cc(Br)c(Sc2ccc(Cl)cc2)o1)c1ccc(Cl)cc1Cl. The van der Waals surface area contributed by atoms with Gasteiger partial charge in [-0.15, -0.1) is 0 Å². The first-order chi connectivity index (χ1) is 12.9. The Bertz CT molecular complexity index is 1010. The highest BCUT2D eigenvalue weighted by molar-refractivity contribution is 9.10. The molecular formula is C18H10BrCl3N2O2S. The van der Waals surface area contributed by atoms with Gasteiger partial charge in [0, 0.05) is 21.0 Å². The number of amides is 1. The normalized spacial score (nSPS) is 11.1. The molecule has 3 aromatic rings. The number of carbonyl (C=O) groups is 1. The van der Waals surface area contributed by atoms with E-state index in [-0.39, 0.29) is 10.6 Å². The van der Waals surface area contributed by atoms with Crippen molar-refractivity contribution in [3.8, 4) is 0 Å². The lowest BCUT2D eigenvalue weighted by atomic mass is 10.2. The van der Waals surface area contributed by atoms with E-state index in [0.717, 1.165) is 9.37 Å². The Morgan fingerprint density at radius 1 is 1.07 bits per heavy atom. The van der Waals surface area contributed by atoms with Gasteiger partial charge in [0.1, 0.15) is 5.76 Å². The van der Waals surface area contributed by atoms with E-state index < -0.39 is 5.91 Å². The van der Waals surface area contributed by atoms with Crippen molar-refractivity contribution in [3.63, 3.8) is 0 Å². The summed E-state index contributed by atoms with van der Waals surface area (Å²) in [6, 6.07) is 13.8. The zero-order valence-electron chi connectivity index (χ0n) is 13.4. The smallest absolute Gasteiger partial charge is 0.272 e. The number of benzene rings is 2. The molecule has 3 rings (SSSR count). The second kappa shape index (κ2) is 9.17. The van der Waals surface area contributed by atoms with Crippen LogP contribution < -0.4 is 5.43 Å². The van der Waals surface area contributed by atoms with Gasteiger partial charge in [0.05, 0.1) is 21.3 Å². The Morgan fingerprint density at radius 2 is 1.78 bits per heavy atom. The van der Waals surface area contributed by atoms with Crippen LogP contribution in [0.25, 0.3) is 0 Å². The Hall–Kier alpha value is -1.44. The minimum absolute atomic E-state index is 0.248. The molecule has 0 saturated heterocycles. The molecule has 4 nitrogen and oxygen atoms in total. The van der Waals surface area contributed by atoms with E-state index in [4.69, 9.17) is 39.2 Å². The monoisotopic (exact) mass is 502 g/mol. The fourth-order valence-electron chi connectivity index (χ4n) is 2.00. The zero-order valence-corrected chi connectivity index (χ0v) is 18.1. The molecule has 0 spiro atoms. The van der Waals surface area contributed by atoms with E-state index in [1.54, 1.807) is 24.3 Å². The molecule has 0 bridgehead atoms. The van der Waals surface area contributed by atoms with Crippen molar-refractivity contribution in [1.82, 2.24) is 5.43 Å². The van der Waals surface area contributed by atoms with Gasteiger partial charge in [-0.2, -0.15) is 5.10 Å². The molecule has 0 radical (unpaired) electrons. The predicted octanol–water partition coefficient (Wildman–Crippen LogP) is 6.92. The molecule has 27 heavy (non-hydrogen) atoms. The number of nitrogens with zero attached hydrogens (tertiary/aromatic N) is 1. The predicted molar refractivity (Wildman–Crippen MR) is 114 cm³/mol. The molecule has 1 amide bonds. The van der Waals surface area contributed by atoms with Crippen LogP contribution in [0.5, 0.6) is 0 Å². The van der Waals surface area contributed by atoms with Crippen LogP contribution in [0.4, 0.5) is 0 Å². The summed E-state index contributed by atoms with van der Waals surface area (Å²) in [7, 11) is 0. The fourth-order valence-corrected chi connectivity index (χ4v) is 3.95. The molecule has 0 aliphatic heterocycles. The van der Waals surface area contributed by atoms with Gasteiger partial charge >= 0.3 is 0 Å². The highest BCUT2D eigenvalue weighted by Gasteiger charge is 2.11. The largest absolute Gasteiger partial charge is 0.447 e. The summed E-state index contributed by atoms with van der Waals surface area (Å²) in [6.45, 7) is 0. The van der Waals surface area contributed by atoms with Crippen molar-refractivity contribution < 1.29 is 9.21 Å². The van der Waals surface area contributed by atoms with Crippen LogP contribution in [0.2, 0.25) is 15.1 Å². The van der Waals surface area contributed by atoms with E-state index in [1.807, 2.05) is 12.1 Å². The highest BCUT2D eigenvalue weighted by atomic mass is 79.9. The number of furan rings is 1.